The van der Waals surface area contributed by atoms with Crippen LogP contribution in [0.3, 0.4) is 0 Å². The molecule has 2 nitrogen and oxygen atoms in total. The molecule has 1 aromatic heterocycles. The lowest BCUT2D eigenvalue weighted by Gasteiger charge is -2.10. The Balaban J connectivity index is 1.72. The maximum absolute atomic E-state index is 4.67. The zero-order chi connectivity index (χ0) is 11.5. The van der Waals surface area contributed by atoms with Gasteiger partial charge in [0.1, 0.15) is 0 Å². The van der Waals surface area contributed by atoms with E-state index in [1.165, 1.54) is 23.3 Å². The zero-order valence-electron chi connectivity index (χ0n) is 9.73. The van der Waals surface area contributed by atoms with Gasteiger partial charge in [0.25, 0.3) is 0 Å². The van der Waals surface area contributed by atoms with Gasteiger partial charge in [0.05, 0.1) is 11.2 Å². The molecule has 3 heteroatoms. The normalized spacial score (nSPS) is 19.9. The Morgan fingerprint density at radius 2 is 2.18 bits per heavy atom. The number of thioether (sulfide) groups is 1. The van der Waals surface area contributed by atoms with Crippen LogP contribution in [0.5, 0.6) is 0 Å². The minimum absolute atomic E-state index is 0.674. The lowest BCUT2D eigenvalue weighted by atomic mass is 10.2. The van der Waals surface area contributed by atoms with Gasteiger partial charge in [-0.1, -0.05) is 24.3 Å². The molecule has 1 aliphatic rings. The summed E-state index contributed by atoms with van der Waals surface area (Å²) in [7, 11) is 0. The van der Waals surface area contributed by atoms with Crippen LogP contribution in [-0.2, 0) is 6.54 Å². The van der Waals surface area contributed by atoms with Crippen LogP contribution in [0.15, 0.2) is 36.4 Å². The summed E-state index contributed by atoms with van der Waals surface area (Å²) < 4.78 is 0. The molecule has 1 atom stereocenters. The topological polar surface area (TPSA) is 24.9 Å². The lowest BCUT2D eigenvalue weighted by molar-refractivity contribution is 0.553. The van der Waals surface area contributed by atoms with E-state index in [1.54, 1.807) is 0 Å². The number of aromatic nitrogens is 1. The van der Waals surface area contributed by atoms with Gasteiger partial charge in [0.2, 0.25) is 0 Å². The Labute approximate surface area is 106 Å². The molecule has 1 aliphatic heterocycles. The number of hydrogen-bond acceptors (Lipinski definition) is 3. The molecular formula is C14H16N2S. The van der Waals surface area contributed by atoms with Gasteiger partial charge < -0.3 is 5.32 Å². The molecule has 88 valence electrons. The number of benzene rings is 1. The number of hydrogen-bond donors (Lipinski definition) is 1. The molecule has 0 radical (unpaired) electrons. The molecule has 0 spiro atoms. The van der Waals surface area contributed by atoms with E-state index in [9.17, 15) is 0 Å². The summed E-state index contributed by atoms with van der Waals surface area (Å²) in [6, 6.07) is 13.2. The summed E-state index contributed by atoms with van der Waals surface area (Å²) >= 11 is 2.04. The van der Waals surface area contributed by atoms with Crippen LogP contribution in [0, 0.1) is 0 Å². The summed E-state index contributed by atoms with van der Waals surface area (Å²) in [5, 5.41) is 4.79. The van der Waals surface area contributed by atoms with Gasteiger partial charge in [-0.2, -0.15) is 11.8 Å². The predicted octanol–water partition coefficient (Wildman–Crippen LogP) is 2.83. The van der Waals surface area contributed by atoms with E-state index in [4.69, 9.17) is 0 Å². The molecule has 1 aromatic carbocycles. The lowest BCUT2D eigenvalue weighted by Crippen LogP contribution is -2.28. The van der Waals surface area contributed by atoms with E-state index < -0.39 is 0 Å². The highest BCUT2D eigenvalue weighted by molar-refractivity contribution is 7.99. The molecule has 1 N–H and O–H groups in total. The van der Waals surface area contributed by atoms with Gasteiger partial charge in [0.15, 0.2) is 0 Å². The fourth-order valence-electron chi connectivity index (χ4n) is 2.15. The maximum atomic E-state index is 4.67. The average Bonchev–Trinajstić information content (AvgIpc) is 2.89. The van der Waals surface area contributed by atoms with Crippen LogP contribution in [0.4, 0.5) is 0 Å². The predicted molar refractivity (Wildman–Crippen MR) is 74.3 cm³/mol. The summed E-state index contributed by atoms with van der Waals surface area (Å²) in [5.74, 6) is 2.54. The monoisotopic (exact) mass is 244 g/mol. The second-order valence-electron chi connectivity index (χ2n) is 4.44. The summed E-state index contributed by atoms with van der Waals surface area (Å²) in [6.07, 6.45) is 1.29. The number of nitrogens with one attached hydrogen (secondary N) is 1. The van der Waals surface area contributed by atoms with Crippen LogP contribution in [-0.4, -0.2) is 22.5 Å². The number of pyridine rings is 1. The van der Waals surface area contributed by atoms with Gasteiger partial charge in [-0.15, -0.1) is 0 Å². The van der Waals surface area contributed by atoms with Gasteiger partial charge in [-0.25, -0.2) is 0 Å². The Hall–Kier alpha value is -1.06. The highest BCUT2D eigenvalue weighted by Gasteiger charge is 2.14. The number of nitrogens with zero attached hydrogens (tertiary/aromatic N) is 1. The van der Waals surface area contributed by atoms with Crippen LogP contribution in [0.1, 0.15) is 12.1 Å². The summed E-state index contributed by atoms with van der Waals surface area (Å²) in [5.41, 5.74) is 2.23. The van der Waals surface area contributed by atoms with E-state index in [0.29, 0.717) is 6.04 Å². The number of fused-ring (bicyclic) bond motifs is 1. The molecule has 0 aliphatic carbocycles. The fraction of sp³-hybridized carbons (Fsp3) is 0.357. The van der Waals surface area contributed by atoms with Gasteiger partial charge in [-0.3, -0.25) is 4.98 Å². The molecule has 1 fully saturated rings. The van der Waals surface area contributed by atoms with Crippen molar-refractivity contribution in [3.05, 3.63) is 42.1 Å². The molecule has 0 bridgehead atoms. The molecule has 17 heavy (non-hydrogen) atoms. The molecule has 1 unspecified atom stereocenters. The van der Waals surface area contributed by atoms with Crippen LogP contribution in [0.2, 0.25) is 0 Å². The van der Waals surface area contributed by atoms with Crippen molar-refractivity contribution in [2.45, 2.75) is 19.0 Å². The second-order valence-corrected chi connectivity index (χ2v) is 5.59. The van der Waals surface area contributed by atoms with E-state index in [-0.39, 0.29) is 0 Å². The molecule has 2 aromatic rings. The first-order valence-corrected chi connectivity index (χ1v) is 7.23. The highest BCUT2D eigenvalue weighted by atomic mass is 32.2. The van der Waals surface area contributed by atoms with Crippen molar-refractivity contribution in [2.75, 3.05) is 11.5 Å². The van der Waals surface area contributed by atoms with E-state index in [2.05, 4.69) is 40.6 Å². The van der Waals surface area contributed by atoms with E-state index >= 15 is 0 Å². The smallest absolute Gasteiger partial charge is 0.0705 e. The third-order valence-electron chi connectivity index (χ3n) is 3.16. The van der Waals surface area contributed by atoms with Crippen molar-refractivity contribution in [3.8, 4) is 0 Å². The van der Waals surface area contributed by atoms with Crippen molar-refractivity contribution >= 4 is 22.7 Å². The second kappa shape index (κ2) is 5.07. The van der Waals surface area contributed by atoms with Crippen molar-refractivity contribution < 1.29 is 0 Å². The minimum Gasteiger partial charge on any atom is -0.308 e. The third-order valence-corrected chi connectivity index (χ3v) is 4.32. The maximum Gasteiger partial charge on any atom is 0.0705 e. The van der Waals surface area contributed by atoms with Gasteiger partial charge in [-0.05, 0) is 24.3 Å². The molecule has 3 rings (SSSR count). The molecule has 1 saturated heterocycles. The first kappa shape index (κ1) is 11.1. The number of rotatable bonds is 3. The van der Waals surface area contributed by atoms with Crippen LogP contribution in [0.25, 0.3) is 10.9 Å². The van der Waals surface area contributed by atoms with E-state index in [1.807, 2.05) is 17.8 Å². The van der Waals surface area contributed by atoms with Crippen LogP contribution >= 0.6 is 11.8 Å². The Kier molecular flexibility index (Phi) is 3.29. The van der Waals surface area contributed by atoms with Crippen molar-refractivity contribution in [3.63, 3.8) is 0 Å². The Morgan fingerprint density at radius 1 is 1.24 bits per heavy atom. The third kappa shape index (κ3) is 2.61. The largest absolute Gasteiger partial charge is 0.308 e. The number of para-hydroxylation sites is 1. The molecular weight excluding hydrogens is 228 g/mol. The zero-order valence-corrected chi connectivity index (χ0v) is 10.5. The van der Waals surface area contributed by atoms with Gasteiger partial charge >= 0.3 is 0 Å². The Bertz CT molecular complexity index is 506. The summed E-state index contributed by atoms with van der Waals surface area (Å²) in [6.45, 7) is 0.885. The fourth-order valence-corrected chi connectivity index (χ4v) is 3.34. The highest BCUT2D eigenvalue weighted by Crippen LogP contribution is 2.17. The van der Waals surface area contributed by atoms with Crippen molar-refractivity contribution in [2.24, 2.45) is 0 Å². The standard InChI is InChI=1S/C14H16N2S/c1-2-4-14-11(3-1)5-6-12(16-14)9-15-13-7-8-17-10-13/h1-6,13,15H,7-10H2. The van der Waals surface area contributed by atoms with E-state index in [0.717, 1.165) is 17.8 Å². The van der Waals surface area contributed by atoms with Crippen molar-refractivity contribution in [1.29, 1.82) is 0 Å². The summed E-state index contributed by atoms with van der Waals surface area (Å²) in [4.78, 5) is 4.67. The first-order valence-electron chi connectivity index (χ1n) is 6.07. The molecule has 0 saturated carbocycles. The minimum atomic E-state index is 0.674. The SMILES string of the molecule is c1ccc2nc(CNC3CCSC3)ccc2c1. The molecule has 2 heterocycles. The van der Waals surface area contributed by atoms with Crippen LogP contribution < -0.4 is 5.32 Å². The molecule has 0 amide bonds. The van der Waals surface area contributed by atoms with Crippen molar-refractivity contribution in [1.82, 2.24) is 10.3 Å². The Morgan fingerprint density at radius 3 is 3.06 bits per heavy atom. The quantitative estimate of drug-likeness (QED) is 0.898. The average molecular weight is 244 g/mol. The first-order chi connectivity index (χ1) is 8.42. The van der Waals surface area contributed by atoms with Gasteiger partial charge in [0, 0.05) is 23.7 Å².